The van der Waals surface area contributed by atoms with Gasteiger partial charge >= 0.3 is 19.4 Å². The van der Waals surface area contributed by atoms with E-state index in [-0.39, 0.29) is 5.75 Å². The van der Waals surface area contributed by atoms with E-state index in [0.29, 0.717) is 6.08 Å². The minimum Gasteiger partial charge on any atom is -0.462 e. The van der Waals surface area contributed by atoms with Crippen LogP contribution in [0, 0.1) is 0 Å². The Bertz CT molecular complexity index is 1390. The lowest BCUT2D eigenvalue weighted by molar-refractivity contribution is -0.149. The number of halogens is 2. The van der Waals surface area contributed by atoms with Crippen LogP contribution in [-0.2, 0) is 18.6 Å². The molecule has 0 saturated heterocycles. The summed E-state index contributed by atoms with van der Waals surface area (Å²) >= 11 is 0. The standard InChI is InChI=1S/C25H30F2N3O8P/c1-5-12-25(27)19(30-13-11-20(31)28-23(30)34)14-24(26,22(25)33)15-36-39(35,38-18-9-7-6-8-10-18)29-17(4)21(32)37-16(2)3/h6-13,16-17,19,22,33H,1,14-15H2,2-4H3,(H,29,35)(H,28,31,34)/t17-,19+,22+,24-,25-,39?/m0/s1. The number of aromatic nitrogens is 2. The maximum atomic E-state index is 16.2. The van der Waals surface area contributed by atoms with Gasteiger partial charge in [0.05, 0.1) is 18.8 Å². The molecule has 0 spiro atoms. The molecule has 0 aliphatic heterocycles. The van der Waals surface area contributed by atoms with Crippen molar-refractivity contribution in [1.82, 2.24) is 14.6 Å². The molecular formula is C25H30F2N3O8P. The number of aliphatic hydroxyl groups is 1. The van der Waals surface area contributed by atoms with Crippen molar-refractivity contribution >= 4 is 13.7 Å². The molecule has 14 heteroatoms. The Morgan fingerprint density at radius 3 is 2.56 bits per heavy atom. The van der Waals surface area contributed by atoms with Crippen molar-refractivity contribution < 1.29 is 37.0 Å². The van der Waals surface area contributed by atoms with E-state index >= 15 is 8.78 Å². The fourth-order valence-corrected chi connectivity index (χ4v) is 5.69. The summed E-state index contributed by atoms with van der Waals surface area (Å²) in [6, 6.07) is 5.70. The van der Waals surface area contributed by atoms with Gasteiger partial charge in [0.2, 0.25) is 0 Å². The highest BCUT2D eigenvalue weighted by Gasteiger charge is 2.65. The number of carbonyl (C=O) groups excluding carboxylic acids is 1. The number of para-hydroxylation sites is 1. The molecule has 1 saturated carbocycles. The Kier molecular flexibility index (Phi) is 9.15. The van der Waals surface area contributed by atoms with Gasteiger partial charge in [0, 0.05) is 18.7 Å². The first kappa shape index (κ1) is 30.2. The lowest BCUT2D eigenvalue weighted by Gasteiger charge is -2.30. The Morgan fingerprint density at radius 2 is 1.97 bits per heavy atom. The average molecular weight is 569 g/mol. The molecule has 2 aromatic rings. The number of hydrogen-bond donors (Lipinski definition) is 3. The largest absolute Gasteiger partial charge is 0.462 e. The predicted molar refractivity (Wildman–Crippen MR) is 137 cm³/mol. The third kappa shape index (κ3) is 6.81. The molecule has 0 amide bonds. The van der Waals surface area contributed by atoms with Crippen LogP contribution < -0.4 is 20.9 Å². The van der Waals surface area contributed by atoms with Crippen LogP contribution in [0.4, 0.5) is 8.78 Å². The van der Waals surface area contributed by atoms with Crippen molar-refractivity contribution in [3.8, 4) is 5.75 Å². The summed E-state index contributed by atoms with van der Waals surface area (Å²) in [6.07, 6.45) is -2.14. The van der Waals surface area contributed by atoms with Crippen molar-refractivity contribution in [2.24, 2.45) is 0 Å². The zero-order chi connectivity index (χ0) is 29.0. The summed E-state index contributed by atoms with van der Waals surface area (Å²) in [7, 11) is -4.56. The summed E-state index contributed by atoms with van der Waals surface area (Å²) in [5, 5.41) is 13.2. The predicted octanol–water partition coefficient (Wildman–Crippen LogP) is 2.73. The molecule has 212 valence electrons. The highest BCUT2D eigenvalue weighted by Crippen LogP contribution is 2.53. The van der Waals surface area contributed by atoms with Crippen LogP contribution >= 0.6 is 7.75 Å². The van der Waals surface area contributed by atoms with Gasteiger partial charge in [-0.2, -0.15) is 5.09 Å². The smallest absolute Gasteiger partial charge is 0.459 e. The second-order valence-corrected chi connectivity index (χ2v) is 11.1. The highest BCUT2D eigenvalue weighted by atomic mass is 31.2. The van der Waals surface area contributed by atoms with Crippen molar-refractivity contribution in [1.29, 1.82) is 0 Å². The van der Waals surface area contributed by atoms with E-state index in [1.807, 2.05) is 4.98 Å². The Hall–Kier alpha value is -3.34. The minimum absolute atomic E-state index is 0.0461. The molecule has 3 rings (SSSR count). The lowest BCUT2D eigenvalue weighted by atomic mass is 9.95. The van der Waals surface area contributed by atoms with Crippen LogP contribution in [-0.4, -0.2) is 56.8 Å². The fraction of sp³-hybridized carbons (Fsp3) is 0.440. The van der Waals surface area contributed by atoms with Crippen LogP contribution in [0.2, 0.25) is 0 Å². The molecule has 1 aliphatic carbocycles. The van der Waals surface area contributed by atoms with Gasteiger partial charge in [-0.05, 0) is 39.0 Å². The number of nitrogens with one attached hydrogen (secondary N) is 2. The summed E-state index contributed by atoms with van der Waals surface area (Å²) in [6.45, 7) is 6.64. The van der Waals surface area contributed by atoms with Crippen LogP contribution in [0.15, 0.2) is 70.6 Å². The first-order valence-electron chi connectivity index (χ1n) is 11.9. The molecule has 1 aromatic heterocycles. The molecule has 1 aromatic carbocycles. The Morgan fingerprint density at radius 1 is 1.31 bits per heavy atom. The normalized spacial score (nSPS) is 26.8. The van der Waals surface area contributed by atoms with Crippen LogP contribution in [0.3, 0.4) is 0 Å². The van der Waals surface area contributed by atoms with E-state index in [0.717, 1.165) is 16.8 Å². The van der Waals surface area contributed by atoms with Gasteiger partial charge in [-0.3, -0.25) is 23.7 Å². The van der Waals surface area contributed by atoms with Gasteiger partial charge in [0.15, 0.2) is 11.3 Å². The first-order valence-corrected chi connectivity index (χ1v) is 13.5. The zero-order valence-electron chi connectivity index (χ0n) is 21.5. The lowest BCUT2D eigenvalue weighted by Crippen LogP contribution is -2.48. The number of alkyl halides is 2. The molecule has 0 radical (unpaired) electrons. The van der Waals surface area contributed by atoms with Gasteiger partial charge in [0.1, 0.15) is 17.9 Å². The second-order valence-electron chi connectivity index (χ2n) is 9.36. The number of esters is 1. The number of aromatic amines is 1. The van der Waals surface area contributed by atoms with Gasteiger partial charge in [-0.15, -0.1) is 5.73 Å². The van der Waals surface area contributed by atoms with Crippen molar-refractivity contribution in [3.63, 3.8) is 0 Å². The topological polar surface area (TPSA) is 149 Å². The SMILES string of the molecule is C=C=C[C@@]1(F)[C@H](O)[C@@](F)(COP(=O)(N[C@@H](C)C(=O)OC(C)C)Oc2ccccc2)C[C@H]1n1ccc(=O)[nH]c1=O. The molecule has 1 fully saturated rings. The monoisotopic (exact) mass is 569 g/mol. The number of H-pyrrole nitrogens is 1. The van der Waals surface area contributed by atoms with Gasteiger partial charge < -0.3 is 14.4 Å². The van der Waals surface area contributed by atoms with Crippen LogP contribution in [0.1, 0.15) is 33.2 Å². The Labute approximate surface area is 222 Å². The highest BCUT2D eigenvalue weighted by molar-refractivity contribution is 7.52. The van der Waals surface area contributed by atoms with Crippen molar-refractivity contribution in [2.75, 3.05) is 6.61 Å². The molecule has 1 aliphatic rings. The summed E-state index contributed by atoms with van der Waals surface area (Å²) < 4.78 is 62.6. The van der Waals surface area contributed by atoms with E-state index in [9.17, 15) is 24.1 Å². The maximum absolute atomic E-state index is 16.2. The number of benzene rings is 1. The quantitative estimate of drug-likeness (QED) is 0.211. The Balaban J connectivity index is 1.93. The third-order valence-corrected chi connectivity index (χ3v) is 7.59. The molecule has 6 atom stereocenters. The number of carbonyl (C=O) groups is 1. The molecule has 11 nitrogen and oxygen atoms in total. The number of aliphatic hydroxyl groups excluding tert-OH is 1. The van der Waals surface area contributed by atoms with E-state index in [4.69, 9.17) is 13.8 Å². The van der Waals surface area contributed by atoms with E-state index in [1.54, 1.807) is 32.0 Å². The third-order valence-electron chi connectivity index (χ3n) is 5.96. The zero-order valence-corrected chi connectivity index (χ0v) is 22.4. The first-order chi connectivity index (χ1) is 18.2. The number of hydrogen-bond acceptors (Lipinski definition) is 8. The number of nitrogens with zero attached hydrogens (tertiary/aromatic N) is 1. The molecule has 0 bridgehead atoms. The van der Waals surface area contributed by atoms with E-state index < -0.39 is 73.6 Å². The molecule has 1 unspecified atom stereocenters. The molecule has 1 heterocycles. The molecule has 3 N–H and O–H groups in total. The van der Waals surface area contributed by atoms with Gasteiger partial charge in [-0.1, -0.05) is 24.8 Å². The number of rotatable bonds is 11. The number of ether oxygens (including phenoxy) is 1. The average Bonchev–Trinajstić information content (AvgIpc) is 3.05. The molecule has 39 heavy (non-hydrogen) atoms. The van der Waals surface area contributed by atoms with E-state index in [2.05, 4.69) is 17.4 Å². The van der Waals surface area contributed by atoms with Gasteiger partial charge in [0.25, 0.3) is 5.56 Å². The summed E-state index contributed by atoms with van der Waals surface area (Å²) in [5.41, 5.74) is -5.49. The van der Waals surface area contributed by atoms with E-state index in [1.165, 1.54) is 19.1 Å². The minimum atomic E-state index is -4.56. The summed E-state index contributed by atoms with van der Waals surface area (Å²) in [5.74, 6) is -0.748. The van der Waals surface area contributed by atoms with Crippen molar-refractivity contribution in [2.45, 2.75) is 62.8 Å². The van der Waals surface area contributed by atoms with Crippen LogP contribution in [0.25, 0.3) is 0 Å². The second kappa shape index (κ2) is 11.8. The summed E-state index contributed by atoms with van der Waals surface area (Å²) in [4.78, 5) is 38.1. The van der Waals surface area contributed by atoms with Crippen LogP contribution in [0.5, 0.6) is 5.75 Å². The maximum Gasteiger partial charge on any atom is 0.459 e. The van der Waals surface area contributed by atoms with Gasteiger partial charge in [-0.25, -0.2) is 18.1 Å². The van der Waals surface area contributed by atoms with Crippen molar-refractivity contribution in [3.05, 3.63) is 81.8 Å². The fourth-order valence-electron chi connectivity index (χ4n) is 4.15. The molecular weight excluding hydrogens is 539 g/mol.